The molecule has 2 aliphatic rings. The van der Waals surface area contributed by atoms with E-state index in [1.54, 1.807) is 42.5 Å². The molecule has 174 valence electrons. The van der Waals surface area contributed by atoms with Gasteiger partial charge in [-0.1, -0.05) is 55.3 Å². The highest BCUT2D eigenvalue weighted by molar-refractivity contribution is 5.87. The third-order valence-electron chi connectivity index (χ3n) is 7.20. The smallest absolute Gasteiger partial charge is 0.335 e. The summed E-state index contributed by atoms with van der Waals surface area (Å²) in [6.07, 6.45) is 7.99. The number of nitrogens with zero attached hydrogens (tertiary/aromatic N) is 1. The number of hydrogen-bond acceptors (Lipinski definition) is 3. The molecule has 1 amide bonds. The number of aliphatic hydroxyl groups excluding tert-OH is 1. The van der Waals surface area contributed by atoms with Gasteiger partial charge in [-0.25, -0.2) is 9.18 Å². The van der Waals surface area contributed by atoms with Crippen molar-refractivity contribution in [2.24, 2.45) is 0 Å². The molecule has 2 atom stereocenters. The first-order valence-corrected chi connectivity index (χ1v) is 11.6. The van der Waals surface area contributed by atoms with Gasteiger partial charge in [-0.05, 0) is 55.0 Å². The number of halogens is 1. The SMILES string of the molecule is O=C(O)c1ccc(CCN2C(=O)CCC2C=CC(O)C2(c3ccccc3F)CCCC2)cc1. The first kappa shape index (κ1) is 23.2. The van der Waals surface area contributed by atoms with E-state index >= 15 is 0 Å². The molecule has 33 heavy (non-hydrogen) atoms. The predicted octanol–water partition coefficient (Wildman–Crippen LogP) is 4.49. The topological polar surface area (TPSA) is 77.8 Å². The lowest BCUT2D eigenvalue weighted by Crippen LogP contribution is -2.38. The zero-order valence-corrected chi connectivity index (χ0v) is 18.6. The molecule has 1 heterocycles. The molecule has 1 aliphatic heterocycles. The lowest BCUT2D eigenvalue weighted by atomic mass is 9.73. The van der Waals surface area contributed by atoms with Crippen molar-refractivity contribution >= 4 is 11.9 Å². The van der Waals surface area contributed by atoms with Crippen molar-refractivity contribution in [3.8, 4) is 0 Å². The third-order valence-corrected chi connectivity index (χ3v) is 7.20. The molecule has 2 aromatic carbocycles. The number of rotatable bonds is 8. The van der Waals surface area contributed by atoms with Crippen LogP contribution < -0.4 is 0 Å². The van der Waals surface area contributed by atoms with Gasteiger partial charge in [0.1, 0.15) is 5.82 Å². The summed E-state index contributed by atoms with van der Waals surface area (Å²) in [5.41, 5.74) is 1.15. The number of hydrogen-bond donors (Lipinski definition) is 2. The summed E-state index contributed by atoms with van der Waals surface area (Å²) in [6, 6.07) is 13.3. The quantitative estimate of drug-likeness (QED) is 0.580. The molecule has 5 nitrogen and oxygen atoms in total. The highest BCUT2D eigenvalue weighted by atomic mass is 19.1. The van der Waals surface area contributed by atoms with Crippen LogP contribution in [0, 0.1) is 5.82 Å². The summed E-state index contributed by atoms with van der Waals surface area (Å²) >= 11 is 0. The minimum atomic E-state index is -0.963. The fraction of sp³-hybridized carbons (Fsp3) is 0.407. The van der Waals surface area contributed by atoms with Crippen LogP contribution in [0.25, 0.3) is 0 Å². The molecule has 0 aromatic heterocycles. The fourth-order valence-electron chi connectivity index (χ4n) is 5.32. The largest absolute Gasteiger partial charge is 0.478 e. The van der Waals surface area contributed by atoms with Gasteiger partial charge in [0, 0.05) is 18.4 Å². The number of carbonyl (C=O) groups is 2. The van der Waals surface area contributed by atoms with E-state index in [9.17, 15) is 19.1 Å². The summed E-state index contributed by atoms with van der Waals surface area (Å²) < 4.78 is 14.6. The van der Waals surface area contributed by atoms with Gasteiger partial charge in [0.05, 0.1) is 17.7 Å². The van der Waals surface area contributed by atoms with Crippen LogP contribution in [0.1, 0.15) is 60.0 Å². The van der Waals surface area contributed by atoms with Crippen molar-refractivity contribution < 1.29 is 24.2 Å². The fourth-order valence-corrected chi connectivity index (χ4v) is 5.32. The summed E-state index contributed by atoms with van der Waals surface area (Å²) in [5, 5.41) is 20.2. The van der Waals surface area contributed by atoms with Crippen molar-refractivity contribution in [1.29, 1.82) is 0 Å². The Kier molecular flexibility index (Phi) is 6.94. The van der Waals surface area contributed by atoms with Crippen LogP contribution in [0.4, 0.5) is 4.39 Å². The number of carboxylic acid groups (broad SMARTS) is 1. The van der Waals surface area contributed by atoms with Crippen LogP contribution in [0.2, 0.25) is 0 Å². The van der Waals surface area contributed by atoms with Crippen molar-refractivity contribution in [2.75, 3.05) is 6.54 Å². The second-order valence-corrected chi connectivity index (χ2v) is 9.12. The zero-order chi connectivity index (χ0) is 23.4. The predicted molar refractivity (Wildman–Crippen MR) is 124 cm³/mol. The Balaban J connectivity index is 1.45. The number of likely N-dealkylation sites (tertiary alicyclic amines) is 1. The highest BCUT2D eigenvalue weighted by Gasteiger charge is 2.43. The molecule has 2 fully saturated rings. The minimum Gasteiger partial charge on any atom is -0.478 e. The molecular weight excluding hydrogens is 421 g/mol. The van der Waals surface area contributed by atoms with Gasteiger partial charge in [-0.3, -0.25) is 4.79 Å². The molecule has 0 radical (unpaired) electrons. The van der Waals surface area contributed by atoms with Gasteiger partial charge in [0.25, 0.3) is 0 Å². The molecule has 6 heteroatoms. The van der Waals surface area contributed by atoms with E-state index in [2.05, 4.69) is 0 Å². The summed E-state index contributed by atoms with van der Waals surface area (Å²) in [7, 11) is 0. The maximum Gasteiger partial charge on any atom is 0.335 e. The molecule has 2 unspecified atom stereocenters. The van der Waals surface area contributed by atoms with Crippen LogP contribution in [-0.2, 0) is 16.6 Å². The van der Waals surface area contributed by atoms with E-state index in [0.29, 0.717) is 31.4 Å². The van der Waals surface area contributed by atoms with Gasteiger partial charge in [-0.2, -0.15) is 0 Å². The Labute approximate surface area is 193 Å². The lowest BCUT2D eigenvalue weighted by molar-refractivity contribution is -0.128. The van der Waals surface area contributed by atoms with E-state index in [4.69, 9.17) is 5.11 Å². The number of benzene rings is 2. The summed E-state index contributed by atoms with van der Waals surface area (Å²) in [6.45, 7) is 0.523. The lowest BCUT2D eigenvalue weighted by Gasteiger charge is -2.34. The minimum absolute atomic E-state index is 0.0750. The average molecular weight is 452 g/mol. The van der Waals surface area contributed by atoms with Crippen LogP contribution in [-0.4, -0.2) is 45.7 Å². The van der Waals surface area contributed by atoms with Crippen LogP contribution in [0.15, 0.2) is 60.7 Å². The number of amides is 1. The zero-order valence-electron chi connectivity index (χ0n) is 18.6. The van der Waals surface area contributed by atoms with Crippen molar-refractivity contribution in [3.63, 3.8) is 0 Å². The normalized spacial score (nSPS) is 21.1. The number of aromatic carboxylic acids is 1. The second-order valence-electron chi connectivity index (χ2n) is 9.12. The molecule has 4 rings (SSSR count). The highest BCUT2D eigenvalue weighted by Crippen LogP contribution is 2.45. The number of aliphatic hydroxyl groups is 1. The van der Waals surface area contributed by atoms with E-state index in [0.717, 1.165) is 31.2 Å². The Morgan fingerprint density at radius 1 is 1.15 bits per heavy atom. The number of carboxylic acids is 1. The Hall–Kier alpha value is -2.99. The van der Waals surface area contributed by atoms with Gasteiger partial charge >= 0.3 is 5.97 Å². The van der Waals surface area contributed by atoms with Gasteiger partial charge < -0.3 is 15.1 Å². The molecule has 1 saturated heterocycles. The average Bonchev–Trinajstić information content (AvgIpc) is 3.44. The second kappa shape index (κ2) is 9.87. The van der Waals surface area contributed by atoms with Gasteiger partial charge in [0.2, 0.25) is 5.91 Å². The molecule has 2 aromatic rings. The number of carbonyl (C=O) groups excluding carboxylic acids is 1. The Morgan fingerprint density at radius 3 is 2.52 bits per heavy atom. The van der Waals surface area contributed by atoms with Crippen molar-refractivity contribution in [1.82, 2.24) is 4.90 Å². The van der Waals surface area contributed by atoms with Crippen LogP contribution in [0.3, 0.4) is 0 Å². The maximum absolute atomic E-state index is 14.6. The molecular formula is C27H30FNO4. The van der Waals surface area contributed by atoms with Crippen LogP contribution in [0.5, 0.6) is 0 Å². The Morgan fingerprint density at radius 2 is 1.85 bits per heavy atom. The first-order valence-electron chi connectivity index (χ1n) is 11.6. The van der Waals surface area contributed by atoms with Crippen molar-refractivity contribution in [3.05, 3.63) is 83.2 Å². The van der Waals surface area contributed by atoms with Crippen molar-refractivity contribution in [2.45, 2.75) is 62.5 Å². The molecule has 0 spiro atoms. The Bertz CT molecular complexity index is 1030. The summed E-state index contributed by atoms with van der Waals surface area (Å²) in [4.78, 5) is 25.3. The van der Waals surface area contributed by atoms with Gasteiger partial charge in [0.15, 0.2) is 0 Å². The maximum atomic E-state index is 14.6. The van der Waals surface area contributed by atoms with E-state index < -0.39 is 17.5 Å². The molecule has 1 aliphatic carbocycles. The standard InChI is InChI=1S/C27H30FNO4/c28-23-6-2-1-5-22(23)27(16-3-4-17-27)24(30)13-11-21-12-14-25(31)29(21)18-15-19-7-9-20(10-8-19)26(32)33/h1-2,5-11,13,21,24,30H,3-4,12,14-18H2,(H,32,33). The molecule has 2 N–H and O–H groups in total. The van der Waals surface area contributed by atoms with E-state index in [1.807, 2.05) is 17.0 Å². The van der Waals surface area contributed by atoms with E-state index in [-0.39, 0.29) is 23.3 Å². The molecule has 1 saturated carbocycles. The summed E-state index contributed by atoms with van der Waals surface area (Å²) in [5.74, 6) is -1.17. The molecule has 0 bridgehead atoms. The third kappa shape index (κ3) is 4.86. The van der Waals surface area contributed by atoms with Gasteiger partial charge in [-0.15, -0.1) is 0 Å². The monoisotopic (exact) mass is 451 g/mol. The van der Waals surface area contributed by atoms with Crippen LogP contribution >= 0.6 is 0 Å². The van der Waals surface area contributed by atoms with E-state index in [1.165, 1.54) is 6.07 Å². The first-order chi connectivity index (χ1) is 15.9.